The fourth-order valence-electron chi connectivity index (χ4n) is 3.06. The Morgan fingerprint density at radius 3 is 1.53 bits per heavy atom. The number of nitrogens with two attached hydrogens (primary N) is 1. The molecule has 0 radical (unpaired) electrons. The van der Waals surface area contributed by atoms with Gasteiger partial charge < -0.3 is 15.2 Å². The standard InChI is InChI=1S/C24H23N5O2.ClH/c25-13-1-2-24(30-20-7-3-18(4-8-20)22-11-14-26-16-28-22)31-21-9-5-19(6-10-21)23-12-15-27-17-29-23;/h3-12,14-17,24H,1-2,13,25H2;1H. The minimum atomic E-state index is -0.446. The van der Waals surface area contributed by atoms with E-state index in [9.17, 15) is 0 Å². The summed E-state index contributed by atoms with van der Waals surface area (Å²) in [5, 5.41) is 0. The van der Waals surface area contributed by atoms with Gasteiger partial charge in [-0.1, -0.05) is 0 Å². The van der Waals surface area contributed by atoms with E-state index in [0.29, 0.717) is 13.0 Å². The van der Waals surface area contributed by atoms with Gasteiger partial charge in [0.05, 0.1) is 11.4 Å². The molecule has 0 aliphatic carbocycles. The smallest absolute Gasteiger partial charge is 0.241 e. The molecule has 2 N–H and O–H groups in total. The van der Waals surface area contributed by atoms with E-state index in [1.54, 1.807) is 12.4 Å². The third kappa shape index (κ3) is 6.23. The third-order valence-electron chi connectivity index (χ3n) is 4.64. The molecule has 4 rings (SSSR count). The highest BCUT2D eigenvalue weighted by atomic mass is 35.5. The zero-order valence-electron chi connectivity index (χ0n) is 17.4. The molecular weight excluding hydrogens is 426 g/mol. The molecule has 0 aliphatic rings. The molecule has 0 aliphatic heterocycles. The second kappa shape index (κ2) is 11.7. The quantitative estimate of drug-likeness (QED) is 0.374. The van der Waals surface area contributed by atoms with Crippen molar-refractivity contribution < 1.29 is 9.47 Å². The van der Waals surface area contributed by atoms with Crippen molar-refractivity contribution in [3.05, 3.63) is 85.7 Å². The summed E-state index contributed by atoms with van der Waals surface area (Å²) >= 11 is 0. The van der Waals surface area contributed by atoms with Crippen LogP contribution < -0.4 is 15.2 Å². The van der Waals surface area contributed by atoms with Crippen molar-refractivity contribution in [2.24, 2.45) is 5.73 Å². The van der Waals surface area contributed by atoms with Crippen molar-refractivity contribution in [3.8, 4) is 34.0 Å². The number of hydrogen-bond donors (Lipinski definition) is 1. The summed E-state index contributed by atoms with van der Waals surface area (Å²) in [6.07, 6.45) is 7.54. The summed E-state index contributed by atoms with van der Waals surface area (Å²) in [6, 6.07) is 19.2. The van der Waals surface area contributed by atoms with Crippen LogP contribution in [0.4, 0.5) is 0 Å². The molecule has 0 saturated heterocycles. The Bertz CT molecular complexity index is 980. The van der Waals surface area contributed by atoms with Crippen LogP contribution in [-0.4, -0.2) is 32.8 Å². The fourth-order valence-corrected chi connectivity index (χ4v) is 3.06. The first-order chi connectivity index (χ1) is 15.3. The second-order valence-electron chi connectivity index (χ2n) is 6.83. The summed E-state index contributed by atoms with van der Waals surface area (Å²) < 4.78 is 12.2. The molecule has 4 aromatic rings. The van der Waals surface area contributed by atoms with E-state index in [4.69, 9.17) is 15.2 Å². The van der Waals surface area contributed by atoms with Gasteiger partial charge in [0.1, 0.15) is 24.2 Å². The van der Waals surface area contributed by atoms with Gasteiger partial charge in [0.25, 0.3) is 0 Å². The van der Waals surface area contributed by atoms with Gasteiger partial charge in [-0.05, 0) is 73.6 Å². The number of ether oxygens (including phenoxy) is 2. The van der Waals surface area contributed by atoms with Crippen LogP contribution in [0, 0.1) is 0 Å². The molecular formula is C24H24ClN5O2. The number of nitrogens with zero attached hydrogens (tertiary/aromatic N) is 4. The molecule has 164 valence electrons. The van der Waals surface area contributed by atoms with Gasteiger partial charge in [-0.3, -0.25) is 0 Å². The predicted octanol–water partition coefficient (Wildman–Crippen LogP) is 4.55. The topological polar surface area (TPSA) is 96.0 Å². The van der Waals surface area contributed by atoms with Gasteiger partial charge in [-0.15, -0.1) is 12.4 Å². The average molecular weight is 450 g/mol. The molecule has 0 saturated carbocycles. The molecule has 0 fully saturated rings. The summed E-state index contributed by atoms with van der Waals surface area (Å²) in [7, 11) is 0. The zero-order chi connectivity index (χ0) is 21.3. The normalized spacial score (nSPS) is 10.4. The van der Waals surface area contributed by atoms with Crippen molar-refractivity contribution in [2.45, 2.75) is 19.1 Å². The number of aromatic nitrogens is 4. The molecule has 0 spiro atoms. The van der Waals surface area contributed by atoms with Gasteiger partial charge in [0, 0.05) is 29.9 Å². The maximum absolute atomic E-state index is 6.10. The zero-order valence-corrected chi connectivity index (χ0v) is 18.2. The Morgan fingerprint density at radius 2 is 1.16 bits per heavy atom. The number of benzene rings is 2. The van der Waals surface area contributed by atoms with Crippen LogP contribution in [0.1, 0.15) is 12.8 Å². The molecule has 0 atom stereocenters. The summed E-state index contributed by atoms with van der Waals surface area (Å²) in [5.74, 6) is 1.44. The van der Waals surface area contributed by atoms with Gasteiger partial charge in [0.2, 0.25) is 6.29 Å². The van der Waals surface area contributed by atoms with Crippen molar-refractivity contribution in [1.29, 1.82) is 0 Å². The largest absolute Gasteiger partial charge is 0.455 e. The van der Waals surface area contributed by atoms with Crippen molar-refractivity contribution >= 4 is 12.4 Å². The summed E-state index contributed by atoms with van der Waals surface area (Å²) in [6.45, 7) is 0.572. The maximum atomic E-state index is 6.10. The lowest BCUT2D eigenvalue weighted by Crippen LogP contribution is -2.25. The average Bonchev–Trinajstić information content (AvgIpc) is 2.84. The molecule has 2 aromatic carbocycles. The summed E-state index contributed by atoms with van der Waals surface area (Å²) in [4.78, 5) is 16.4. The SMILES string of the molecule is Cl.NCCCC(Oc1ccc(-c2ccncn2)cc1)Oc1ccc(-c2ccncn2)cc1. The highest BCUT2D eigenvalue weighted by molar-refractivity contribution is 5.85. The lowest BCUT2D eigenvalue weighted by molar-refractivity contribution is -0.00149. The molecule has 0 bridgehead atoms. The Morgan fingerprint density at radius 1 is 0.688 bits per heavy atom. The van der Waals surface area contributed by atoms with Crippen molar-refractivity contribution in [2.75, 3.05) is 6.54 Å². The van der Waals surface area contributed by atoms with Gasteiger partial charge >= 0.3 is 0 Å². The van der Waals surface area contributed by atoms with Crippen LogP contribution in [0.25, 0.3) is 22.5 Å². The minimum absolute atomic E-state index is 0. The van der Waals surface area contributed by atoms with Crippen LogP contribution in [0.2, 0.25) is 0 Å². The number of rotatable bonds is 9. The van der Waals surface area contributed by atoms with E-state index in [0.717, 1.165) is 40.4 Å². The molecule has 7 nitrogen and oxygen atoms in total. The van der Waals surface area contributed by atoms with Crippen LogP contribution in [-0.2, 0) is 0 Å². The molecule has 0 unspecified atom stereocenters. The van der Waals surface area contributed by atoms with Crippen LogP contribution in [0.15, 0.2) is 85.7 Å². The first kappa shape index (κ1) is 23.1. The molecule has 2 heterocycles. The predicted molar refractivity (Wildman–Crippen MR) is 126 cm³/mol. The Labute approximate surface area is 193 Å². The van der Waals surface area contributed by atoms with Gasteiger partial charge in [0.15, 0.2) is 0 Å². The van der Waals surface area contributed by atoms with Crippen LogP contribution >= 0.6 is 12.4 Å². The molecule has 8 heteroatoms. The van der Waals surface area contributed by atoms with Gasteiger partial charge in [-0.2, -0.15) is 0 Å². The second-order valence-corrected chi connectivity index (χ2v) is 6.83. The third-order valence-corrected chi connectivity index (χ3v) is 4.64. The van der Waals surface area contributed by atoms with Crippen molar-refractivity contribution in [3.63, 3.8) is 0 Å². The first-order valence-corrected chi connectivity index (χ1v) is 10.1. The minimum Gasteiger partial charge on any atom is -0.455 e. The monoisotopic (exact) mass is 449 g/mol. The van der Waals surface area contributed by atoms with Crippen LogP contribution in [0.3, 0.4) is 0 Å². The highest BCUT2D eigenvalue weighted by Gasteiger charge is 2.13. The molecule has 2 aromatic heterocycles. The lowest BCUT2D eigenvalue weighted by atomic mass is 10.1. The van der Waals surface area contributed by atoms with E-state index in [1.165, 1.54) is 12.7 Å². The lowest BCUT2D eigenvalue weighted by Gasteiger charge is -2.21. The Hall–Kier alpha value is -3.55. The first-order valence-electron chi connectivity index (χ1n) is 10.1. The van der Waals surface area contributed by atoms with Gasteiger partial charge in [-0.25, -0.2) is 19.9 Å². The Kier molecular flexibility index (Phi) is 8.48. The maximum Gasteiger partial charge on any atom is 0.241 e. The fraction of sp³-hybridized carbons (Fsp3) is 0.167. The summed E-state index contributed by atoms with van der Waals surface area (Å²) in [5.41, 5.74) is 9.41. The molecule has 32 heavy (non-hydrogen) atoms. The van der Waals surface area contributed by atoms with E-state index in [2.05, 4.69) is 19.9 Å². The van der Waals surface area contributed by atoms with Crippen LogP contribution in [0.5, 0.6) is 11.5 Å². The van der Waals surface area contributed by atoms with E-state index in [-0.39, 0.29) is 12.4 Å². The number of hydrogen-bond acceptors (Lipinski definition) is 7. The van der Waals surface area contributed by atoms with E-state index in [1.807, 2.05) is 60.7 Å². The molecule has 0 amide bonds. The van der Waals surface area contributed by atoms with Crippen molar-refractivity contribution in [1.82, 2.24) is 19.9 Å². The Balaban J connectivity index is 0.00000289. The van der Waals surface area contributed by atoms with E-state index < -0.39 is 6.29 Å². The van der Waals surface area contributed by atoms with E-state index >= 15 is 0 Å². The highest BCUT2D eigenvalue weighted by Crippen LogP contribution is 2.24. The number of halogens is 1.